The summed E-state index contributed by atoms with van der Waals surface area (Å²) in [5.74, 6) is 0.710. The number of benzene rings is 1. The second kappa shape index (κ2) is 7.98. The van der Waals surface area contributed by atoms with Crippen molar-refractivity contribution in [1.82, 2.24) is 0 Å². The Kier molecular flexibility index (Phi) is 6.61. The molecule has 0 fully saturated rings. The number of aliphatic hydroxyl groups excluding tert-OH is 2. The number of ether oxygens (including phenoxy) is 1. The summed E-state index contributed by atoms with van der Waals surface area (Å²) in [6.07, 6.45) is -0.0294. The summed E-state index contributed by atoms with van der Waals surface area (Å²) in [7, 11) is 0. The fourth-order valence-electron chi connectivity index (χ4n) is 1.29. The zero-order valence-electron chi connectivity index (χ0n) is 10.6. The van der Waals surface area contributed by atoms with E-state index in [1.807, 2.05) is 6.92 Å². The van der Waals surface area contributed by atoms with Gasteiger partial charge < -0.3 is 14.9 Å². The van der Waals surface area contributed by atoms with Crippen molar-refractivity contribution in [2.24, 2.45) is 0 Å². The van der Waals surface area contributed by atoms with Gasteiger partial charge in [-0.15, -0.1) is 11.8 Å². The standard InChI is InChI=1S/C12H17NO5S/c1-2-3-18-11-4-9(13(16)17)5-12(6-11)19-8-10(15)7-14/h4-6,10,14-15H,2-3,7-8H2,1H3. The van der Waals surface area contributed by atoms with Crippen LogP contribution in [0.25, 0.3) is 0 Å². The molecule has 19 heavy (non-hydrogen) atoms. The SMILES string of the molecule is CCCOc1cc(SCC(O)CO)cc([N+](=O)[O-])c1. The predicted molar refractivity (Wildman–Crippen MR) is 72.7 cm³/mol. The van der Waals surface area contributed by atoms with Crippen LogP contribution in [0.2, 0.25) is 0 Å². The Labute approximate surface area is 115 Å². The minimum atomic E-state index is -0.843. The van der Waals surface area contributed by atoms with Crippen molar-refractivity contribution in [3.8, 4) is 5.75 Å². The third-order valence-electron chi connectivity index (χ3n) is 2.20. The van der Waals surface area contributed by atoms with E-state index in [0.29, 0.717) is 17.3 Å². The molecular formula is C12H17NO5S. The van der Waals surface area contributed by atoms with Gasteiger partial charge in [-0.3, -0.25) is 10.1 Å². The maximum atomic E-state index is 10.8. The van der Waals surface area contributed by atoms with Gasteiger partial charge in [0.15, 0.2) is 0 Å². The number of nitrogens with zero attached hydrogens (tertiary/aromatic N) is 1. The summed E-state index contributed by atoms with van der Waals surface area (Å²) in [5, 5.41) is 28.8. The number of hydrogen-bond acceptors (Lipinski definition) is 6. The fourth-order valence-corrected chi connectivity index (χ4v) is 2.19. The smallest absolute Gasteiger partial charge is 0.274 e. The van der Waals surface area contributed by atoms with E-state index in [9.17, 15) is 15.2 Å². The molecule has 0 spiro atoms. The molecule has 2 N–H and O–H groups in total. The first-order valence-corrected chi connectivity index (χ1v) is 6.89. The molecule has 0 amide bonds. The number of aliphatic hydroxyl groups is 2. The van der Waals surface area contributed by atoms with E-state index >= 15 is 0 Å². The van der Waals surface area contributed by atoms with E-state index in [0.717, 1.165) is 6.42 Å². The van der Waals surface area contributed by atoms with Crippen molar-refractivity contribution in [2.75, 3.05) is 19.0 Å². The molecule has 0 heterocycles. The summed E-state index contributed by atoms with van der Waals surface area (Å²) < 4.78 is 5.39. The van der Waals surface area contributed by atoms with Crippen LogP contribution in [0.3, 0.4) is 0 Å². The number of nitro benzene ring substituents is 1. The Morgan fingerprint density at radius 3 is 2.79 bits per heavy atom. The number of thioether (sulfide) groups is 1. The molecule has 1 aromatic carbocycles. The quantitative estimate of drug-likeness (QED) is 0.430. The van der Waals surface area contributed by atoms with Crippen LogP contribution in [0.1, 0.15) is 13.3 Å². The summed E-state index contributed by atoms with van der Waals surface area (Å²) in [4.78, 5) is 11.0. The van der Waals surface area contributed by atoms with Gasteiger partial charge in [0.1, 0.15) is 5.75 Å². The van der Waals surface area contributed by atoms with E-state index in [4.69, 9.17) is 9.84 Å². The average Bonchev–Trinajstić information content (AvgIpc) is 2.42. The molecule has 106 valence electrons. The minimum Gasteiger partial charge on any atom is -0.493 e. The van der Waals surface area contributed by atoms with Crippen molar-refractivity contribution in [3.05, 3.63) is 28.3 Å². The topological polar surface area (TPSA) is 92.8 Å². The molecule has 0 bridgehead atoms. The highest BCUT2D eigenvalue weighted by atomic mass is 32.2. The second-order valence-corrected chi connectivity index (χ2v) is 5.01. The summed E-state index contributed by atoms with van der Waals surface area (Å²) in [6, 6.07) is 4.49. The van der Waals surface area contributed by atoms with Gasteiger partial charge in [0.25, 0.3) is 5.69 Å². The lowest BCUT2D eigenvalue weighted by molar-refractivity contribution is -0.385. The summed E-state index contributed by atoms with van der Waals surface area (Å²) >= 11 is 1.24. The third-order valence-corrected chi connectivity index (χ3v) is 3.32. The first kappa shape index (κ1) is 15.7. The van der Waals surface area contributed by atoms with E-state index in [2.05, 4.69) is 0 Å². The Balaban J connectivity index is 2.83. The lowest BCUT2D eigenvalue weighted by Gasteiger charge is -2.09. The Morgan fingerprint density at radius 2 is 2.21 bits per heavy atom. The molecule has 0 aliphatic carbocycles. The van der Waals surface area contributed by atoms with Gasteiger partial charge in [0.05, 0.1) is 30.3 Å². The van der Waals surface area contributed by atoms with Crippen molar-refractivity contribution in [2.45, 2.75) is 24.3 Å². The molecule has 6 nitrogen and oxygen atoms in total. The van der Waals surface area contributed by atoms with Gasteiger partial charge in [-0.05, 0) is 12.5 Å². The number of rotatable bonds is 8. The van der Waals surface area contributed by atoms with Crippen molar-refractivity contribution >= 4 is 17.4 Å². The maximum absolute atomic E-state index is 10.8. The summed E-state index contributed by atoms with van der Waals surface area (Å²) in [5.41, 5.74) is -0.0467. The first-order valence-electron chi connectivity index (χ1n) is 5.90. The molecular weight excluding hydrogens is 270 g/mol. The largest absolute Gasteiger partial charge is 0.493 e. The van der Waals surface area contributed by atoms with E-state index in [1.165, 1.54) is 23.9 Å². The van der Waals surface area contributed by atoms with Crippen LogP contribution in [0.15, 0.2) is 23.1 Å². The monoisotopic (exact) mass is 287 g/mol. The molecule has 0 saturated carbocycles. The normalized spacial score (nSPS) is 12.2. The number of non-ortho nitro benzene ring substituents is 1. The summed E-state index contributed by atoms with van der Waals surface area (Å²) in [6.45, 7) is 2.11. The zero-order valence-corrected chi connectivity index (χ0v) is 11.4. The van der Waals surface area contributed by atoms with Crippen LogP contribution < -0.4 is 4.74 Å². The minimum absolute atomic E-state index is 0.0467. The lowest BCUT2D eigenvalue weighted by Crippen LogP contribution is -2.14. The molecule has 0 aromatic heterocycles. The van der Waals surface area contributed by atoms with Crippen LogP contribution in [-0.4, -0.2) is 40.2 Å². The van der Waals surface area contributed by atoms with Crippen molar-refractivity contribution in [1.29, 1.82) is 0 Å². The highest BCUT2D eigenvalue weighted by molar-refractivity contribution is 7.99. The molecule has 0 saturated heterocycles. The van der Waals surface area contributed by atoms with Crippen molar-refractivity contribution in [3.63, 3.8) is 0 Å². The van der Waals surface area contributed by atoms with E-state index in [-0.39, 0.29) is 18.0 Å². The maximum Gasteiger partial charge on any atom is 0.274 e. The van der Waals surface area contributed by atoms with Crippen LogP contribution in [0.4, 0.5) is 5.69 Å². The molecule has 1 unspecified atom stereocenters. The van der Waals surface area contributed by atoms with Crippen LogP contribution in [0, 0.1) is 10.1 Å². The highest BCUT2D eigenvalue weighted by Gasteiger charge is 2.12. The van der Waals surface area contributed by atoms with E-state index in [1.54, 1.807) is 6.07 Å². The van der Waals surface area contributed by atoms with Gasteiger partial charge in [-0.1, -0.05) is 6.92 Å². The van der Waals surface area contributed by atoms with Crippen LogP contribution in [-0.2, 0) is 0 Å². The van der Waals surface area contributed by atoms with Crippen molar-refractivity contribution < 1.29 is 19.9 Å². The number of nitro groups is 1. The molecule has 1 atom stereocenters. The van der Waals surface area contributed by atoms with Gasteiger partial charge >= 0.3 is 0 Å². The van der Waals surface area contributed by atoms with Crippen LogP contribution in [0.5, 0.6) is 5.75 Å². The molecule has 1 aromatic rings. The van der Waals surface area contributed by atoms with E-state index < -0.39 is 11.0 Å². The van der Waals surface area contributed by atoms with Gasteiger partial charge in [-0.25, -0.2) is 0 Å². The predicted octanol–water partition coefficient (Wildman–Crippen LogP) is 1.83. The van der Waals surface area contributed by atoms with Gasteiger partial charge in [0.2, 0.25) is 0 Å². The fraction of sp³-hybridized carbons (Fsp3) is 0.500. The van der Waals surface area contributed by atoms with Gasteiger partial charge in [0, 0.05) is 16.7 Å². The molecule has 0 radical (unpaired) electrons. The zero-order chi connectivity index (χ0) is 14.3. The average molecular weight is 287 g/mol. The third kappa shape index (κ3) is 5.46. The molecule has 0 aliphatic rings. The first-order chi connectivity index (χ1) is 9.06. The molecule has 1 rings (SSSR count). The Bertz CT molecular complexity index is 427. The molecule has 7 heteroatoms. The second-order valence-electron chi connectivity index (χ2n) is 3.92. The Morgan fingerprint density at radius 1 is 1.47 bits per heavy atom. The Hall–Kier alpha value is -1.31. The number of hydrogen-bond donors (Lipinski definition) is 2. The highest BCUT2D eigenvalue weighted by Crippen LogP contribution is 2.29. The lowest BCUT2D eigenvalue weighted by atomic mass is 10.3. The van der Waals surface area contributed by atoms with Gasteiger partial charge in [-0.2, -0.15) is 0 Å². The molecule has 0 aliphatic heterocycles. The van der Waals surface area contributed by atoms with Crippen LogP contribution >= 0.6 is 11.8 Å².